The number of piperazine rings is 1. The Morgan fingerprint density at radius 1 is 1.17 bits per heavy atom. The number of hydrogen-bond acceptors (Lipinski definition) is 4. The molecule has 0 N–H and O–H groups in total. The summed E-state index contributed by atoms with van der Waals surface area (Å²) in [4.78, 5) is 15.8. The smallest absolute Gasteiger partial charge is 0.416 e. The van der Waals surface area contributed by atoms with Gasteiger partial charge in [-0.15, -0.1) is 0 Å². The summed E-state index contributed by atoms with van der Waals surface area (Å²) in [6.45, 7) is 4.35. The van der Waals surface area contributed by atoms with Gasteiger partial charge in [-0.25, -0.2) is 0 Å². The minimum Gasteiger partial charge on any atom is -0.461 e. The number of nitrogens with zero attached hydrogens (tertiary/aromatic N) is 2. The molecule has 7 heteroatoms. The Morgan fingerprint density at radius 2 is 1.87 bits per heavy atom. The van der Waals surface area contributed by atoms with Gasteiger partial charge < -0.3 is 9.64 Å². The van der Waals surface area contributed by atoms with E-state index in [1.807, 2.05) is 11.8 Å². The summed E-state index contributed by atoms with van der Waals surface area (Å²) in [5.41, 5.74) is -0.0625. The van der Waals surface area contributed by atoms with Gasteiger partial charge >= 0.3 is 12.1 Å². The lowest BCUT2D eigenvalue weighted by Crippen LogP contribution is -2.51. The van der Waals surface area contributed by atoms with E-state index in [0.717, 1.165) is 6.07 Å². The van der Waals surface area contributed by atoms with Crippen molar-refractivity contribution in [2.24, 2.45) is 0 Å². The lowest BCUT2D eigenvalue weighted by Gasteiger charge is -2.38. The minimum absolute atomic E-state index is 0.0611. The van der Waals surface area contributed by atoms with Crippen molar-refractivity contribution in [3.8, 4) is 0 Å². The van der Waals surface area contributed by atoms with E-state index in [2.05, 4.69) is 4.90 Å². The molecule has 2 aliphatic rings. The molecule has 0 spiro atoms. The first-order valence-corrected chi connectivity index (χ1v) is 7.71. The van der Waals surface area contributed by atoms with Crippen molar-refractivity contribution >= 4 is 11.7 Å². The van der Waals surface area contributed by atoms with Crippen molar-refractivity contribution in [1.29, 1.82) is 0 Å². The van der Waals surface area contributed by atoms with Crippen LogP contribution in [0.5, 0.6) is 0 Å². The summed E-state index contributed by atoms with van der Waals surface area (Å²) >= 11 is 0. The lowest BCUT2D eigenvalue weighted by atomic mass is 10.1. The molecule has 0 aromatic heterocycles. The summed E-state index contributed by atoms with van der Waals surface area (Å²) in [6.07, 6.45) is -3.71. The van der Waals surface area contributed by atoms with Gasteiger partial charge in [0.1, 0.15) is 12.1 Å². The van der Waals surface area contributed by atoms with Gasteiger partial charge in [-0.05, 0) is 25.1 Å². The SMILES string of the molecule is CC1CC(N2CCN(c3cccc(C(F)(F)F)c3)CC2)C(=O)O1. The van der Waals surface area contributed by atoms with E-state index >= 15 is 0 Å². The second-order valence-corrected chi connectivity index (χ2v) is 6.07. The monoisotopic (exact) mass is 328 g/mol. The predicted molar refractivity (Wildman–Crippen MR) is 79.2 cm³/mol. The number of esters is 1. The van der Waals surface area contributed by atoms with Gasteiger partial charge in [0.25, 0.3) is 0 Å². The van der Waals surface area contributed by atoms with Crippen LogP contribution in [0.1, 0.15) is 18.9 Å². The van der Waals surface area contributed by atoms with Crippen molar-refractivity contribution in [3.63, 3.8) is 0 Å². The Balaban J connectivity index is 1.64. The first kappa shape index (κ1) is 16.1. The Hall–Kier alpha value is -1.76. The molecular formula is C16H19F3N2O2. The molecule has 0 saturated carbocycles. The van der Waals surface area contributed by atoms with E-state index in [-0.39, 0.29) is 18.1 Å². The van der Waals surface area contributed by atoms with Crippen molar-refractivity contribution < 1.29 is 22.7 Å². The topological polar surface area (TPSA) is 32.8 Å². The van der Waals surface area contributed by atoms with Crippen LogP contribution in [0.3, 0.4) is 0 Å². The molecule has 2 aliphatic heterocycles. The number of halogens is 3. The third-order valence-corrected chi connectivity index (χ3v) is 4.44. The van der Waals surface area contributed by atoms with Crippen molar-refractivity contribution in [2.75, 3.05) is 31.1 Å². The summed E-state index contributed by atoms with van der Waals surface area (Å²) in [7, 11) is 0. The molecule has 126 valence electrons. The van der Waals surface area contributed by atoms with Crippen molar-refractivity contribution in [2.45, 2.75) is 31.7 Å². The highest BCUT2D eigenvalue weighted by atomic mass is 19.4. The number of alkyl halides is 3. The molecule has 2 saturated heterocycles. The van der Waals surface area contributed by atoms with E-state index in [9.17, 15) is 18.0 Å². The molecule has 2 heterocycles. The molecule has 3 rings (SSSR count). The van der Waals surface area contributed by atoms with E-state index < -0.39 is 11.7 Å². The standard InChI is InChI=1S/C16H19F3N2O2/c1-11-9-14(15(22)23-11)21-7-5-20(6-8-21)13-4-2-3-12(10-13)16(17,18)19/h2-4,10-11,14H,5-9H2,1H3. The molecule has 23 heavy (non-hydrogen) atoms. The van der Waals surface area contributed by atoms with E-state index in [1.165, 1.54) is 12.1 Å². The molecule has 2 unspecified atom stereocenters. The molecule has 4 nitrogen and oxygen atoms in total. The number of benzene rings is 1. The Kier molecular flexibility index (Phi) is 4.23. The fraction of sp³-hybridized carbons (Fsp3) is 0.562. The molecule has 1 aromatic carbocycles. The van der Waals surface area contributed by atoms with Gasteiger partial charge in [-0.1, -0.05) is 6.07 Å². The first-order chi connectivity index (χ1) is 10.8. The van der Waals surface area contributed by atoms with E-state index in [4.69, 9.17) is 4.74 Å². The van der Waals surface area contributed by atoms with Crippen LogP contribution in [0.15, 0.2) is 24.3 Å². The average molecular weight is 328 g/mol. The Bertz CT molecular complexity index is 583. The molecular weight excluding hydrogens is 309 g/mol. The predicted octanol–water partition coefficient (Wildman–Crippen LogP) is 2.53. The summed E-state index contributed by atoms with van der Waals surface area (Å²) < 4.78 is 43.6. The number of carbonyl (C=O) groups excluding carboxylic acids is 1. The third kappa shape index (κ3) is 3.44. The molecule has 0 bridgehead atoms. The Labute approximate surface area is 132 Å². The number of ether oxygens (including phenoxy) is 1. The minimum atomic E-state index is -4.33. The molecule has 0 radical (unpaired) electrons. The summed E-state index contributed by atoms with van der Waals surface area (Å²) in [6, 6.07) is 5.17. The highest BCUT2D eigenvalue weighted by molar-refractivity contribution is 5.78. The van der Waals surface area contributed by atoms with Crippen LogP contribution < -0.4 is 4.90 Å². The van der Waals surface area contributed by atoms with Gasteiger partial charge in [0.05, 0.1) is 5.56 Å². The number of rotatable bonds is 2. The zero-order chi connectivity index (χ0) is 16.6. The molecule has 1 aromatic rings. The van der Waals surface area contributed by atoms with Crippen LogP contribution in [0, 0.1) is 0 Å². The highest BCUT2D eigenvalue weighted by Gasteiger charge is 2.38. The van der Waals surface area contributed by atoms with E-state index in [1.54, 1.807) is 6.07 Å². The normalized spacial score (nSPS) is 26.4. The maximum Gasteiger partial charge on any atom is 0.416 e. The number of carbonyl (C=O) groups is 1. The fourth-order valence-corrected chi connectivity index (χ4v) is 3.20. The lowest BCUT2D eigenvalue weighted by molar-refractivity contribution is -0.145. The Morgan fingerprint density at radius 3 is 2.43 bits per heavy atom. The van der Waals surface area contributed by atoms with Crippen molar-refractivity contribution in [3.05, 3.63) is 29.8 Å². The second kappa shape index (κ2) is 6.03. The van der Waals surface area contributed by atoms with Gasteiger partial charge in [0.2, 0.25) is 0 Å². The fourth-order valence-electron chi connectivity index (χ4n) is 3.20. The van der Waals surface area contributed by atoms with Crippen LogP contribution in [-0.2, 0) is 15.7 Å². The third-order valence-electron chi connectivity index (χ3n) is 4.44. The summed E-state index contributed by atoms with van der Waals surface area (Å²) in [5.74, 6) is -0.190. The number of cyclic esters (lactones) is 1. The van der Waals surface area contributed by atoms with Gasteiger partial charge in [-0.2, -0.15) is 13.2 Å². The van der Waals surface area contributed by atoms with Crippen LogP contribution >= 0.6 is 0 Å². The maximum absolute atomic E-state index is 12.8. The van der Waals surface area contributed by atoms with E-state index in [0.29, 0.717) is 38.3 Å². The zero-order valence-corrected chi connectivity index (χ0v) is 12.8. The summed E-state index contributed by atoms with van der Waals surface area (Å²) in [5, 5.41) is 0. The van der Waals surface area contributed by atoms with Crippen LogP contribution in [0.2, 0.25) is 0 Å². The molecule has 2 fully saturated rings. The molecule has 0 aliphatic carbocycles. The van der Waals surface area contributed by atoms with Crippen LogP contribution in [-0.4, -0.2) is 49.2 Å². The highest BCUT2D eigenvalue weighted by Crippen LogP contribution is 2.32. The maximum atomic E-state index is 12.8. The second-order valence-electron chi connectivity index (χ2n) is 6.07. The number of anilines is 1. The van der Waals surface area contributed by atoms with Gasteiger partial charge in [0.15, 0.2) is 0 Å². The first-order valence-electron chi connectivity index (χ1n) is 7.71. The zero-order valence-electron chi connectivity index (χ0n) is 12.8. The van der Waals surface area contributed by atoms with Crippen LogP contribution in [0.4, 0.5) is 18.9 Å². The van der Waals surface area contributed by atoms with Crippen LogP contribution in [0.25, 0.3) is 0 Å². The largest absolute Gasteiger partial charge is 0.461 e. The van der Waals surface area contributed by atoms with Gasteiger partial charge in [0, 0.05) is 38.3 Å². The van der Waals surface area contributed by atoms with Gasteiger partial charge in [-0.3, -0.25) is 9.69 Å². The quantitative estimate of drug-likeness (QED) is 0.781. The number of hydrogen-bond donors (Lipinski definition) is 0. The van der Waals surface area contributed by atoms with Crippen molar-refractivity contribution in [1.82, 2.24) is 4.90 Å². The average Bonchev–Trinajstić information content (AvgIpc) is 2.85. The molecule has 0 amide bonds. The molecule has 2 atom stereocenters.